The Morgan fingerprint density at radius 3 is 2.54 bits per heavy atom. The molecule has 0 saturated carbocycles. The predicted octanol–water partition coefficient (Wildman–Crippen LogP) is 3.73. The highest BCUT2D eigenvalue weighted by atomic mass is 19.3. The molecule has 0 atom stereocenters. The minimum absolute atomic E-state index is 0.0440. The van der Waals surface area contributed by atoms with Crippen LogP contribution in [-0.2, 0) is 17.6 Å². The zero-order valence-corrected chi connectivity index (χ0v) is 14.3. The topological polar surface area (TPSA) is 47.6 Å². The van der Waals surface area contributed by atoms with Crippen molar-refractivity contribution in [3.05, 3.63) is 59.4 Å². The number of carbonyl (C=O) groups excluding carboxylic acids is 1. The van der Waals surface area contributed by atoms with Crippen LogP contribution in [0, 0.1) is 5.82 Å². The van der Waals surface area contributed by atoms with Crippen molar-refractivity contribution >= 4 is 5.91 Å². The number of rotatable bonds is 9. The summed E-state index contributed by atoms with van der Waals surface area (Å²) in [5, 5.41) is 2.75. The van der Waals surface area contributed by atoms with Crippen molar-refractivity contribution in [3.63, 3.8) is 0 Å². The van der Waals surface area contributed by atoms with Crippen LogP contribution in [0.2, 0.25) is 0 Å². The van der Waals surface area contributed by atoms with Gasteiger partial charge in [-0.2, -0.15) is 8.78 Å². The van der Waals surface area contributed by atoms with Crippen LogP contribution in [0.3, 0.4) is 0 Å². The van der Waals surface area contributed by atoms with E-state index in [1.54, 1.807) is 24.3 Å². The summed E-state index contributed by atoms with van der Waals surface area (Å²) in [4.78, 5) is 11.9. The van der Waals surface area contributed by atoms with Gasteiger partial charge in [0, 0.05) is 13.0 Å². The van der Waals surface area contributed by atoms with Crippen molar-refractivity contribution in [1.29, 1.82) is 0 Å². The quantitative estimate of drug-likeness (QED) is 0.735. The van der Waals surface area contributed by atoms with Crippen LogP contribution in [0.25, 0.3) is 0 Å². The fraction of sp³-hybridized carbons (Fsp3) is 0.316. The molecule has 0 heterocycles. The van der Waals surface area contributed by atoms with Crippen LogP contribution in [0.15, 0.2) is 42.5 Å². The second-order valence-corrected chi connectivity index (χ2v) is 5.59. The van der Waals surface area contributed by atoms with Gasteiger partial charge in [-0.05, 0) is 48.2 Å². The molecule has 140 valence electrons. The van der Waals surface area contributed by atoms with Crippen molar-refractivity contribution in [2.45, 2.75) is 25.9 Å². The molecular weight excluding hydrogens is 347 g/mol. The van der Waals surface area contributed by atoms with E-state index in [0.29, 0.717) is 19.4 Å². The summed E-state index contributed by atoms with van der Waals surface area (Å²) >= 11 is 0. The molecule has 7 heteroatoms. The lowest BCUT2D eigenvalue weighted by molar-refractivity contribution is -0.121. The number of amides is 1. The lowest BCUT2D eigenvalue weighted by Gasteiger charge is -2.12. The Morgan fingerprint density at radius 1 is 1.08 bits per heavy atom. The summed E-state index contributed by atoms with van der Waals surface area (Å²) in [6, 6.07) is 10.8. The van der Waals surface area contributed by atoms with Crippen molar-refractivity contribution in [2.75, 3.05) is 13.7 Å². The lowest BCUT2D eigenvalue weighted by Crippen LogP contribution is -2.25. The molecule has 0 aliphatic rings. The summed E-state index contributed by atoms with van der Waals surface area (Å²) < 4.78 is 47.3. The average Bonchev–Trinajstić information content (AvgIpc) is 2.60. The minimum atomic E-state index is -2.94. The van der Waals surface area contributed by atoms with Crippen LogP contribution >= 0.6 is 0 Å². The highest BCUT2D eigenvalue weighted by molar-refractivity contribution is 5.76. The first-order valence-electron chi connectivity index (χ1n) is 8.11. The van der Waals surface area contributed by atoms with Crippen molar-refractivity contribution in [1.82, 2.24) is 5.32 Å². The molecule has 0 aromatic heterocycles. The van der Waals surface area contributed by atoms with Crippen molar-refractivity contribution < 1.29 is 27.4 Å². The molecule has 26 heavy (non-hydrogen) atoms. The fourth-order valence-electron chi connectivity index (χ4n) is 2.45. The second-order valence-electron chi connectivity index (χ2n) is 5.59. The van der Waals surface area contributed by atoms with E-state index >= 15 is 0 Å². The molecule has 0 bridgehead atoms. The Bertz CT molecular complexity index is 738. The van der Waals surface area contributed by atoms with Gasteiger partial charge >= 0.3 is 6.61 Å². The highest BCUT2D eigenvalue weighted by Crippen LogP contribution is 2.29. The lowest BCUT2D eigenvalue weighted by atomic mass is 10.1. The standard InChI is InChI=1S/C19H20F3NO3/c1-25-16-7-5-14(12-17(16)26-19(21)22)9-10-23-18(24)8-6-13-3-2-4-15(20)11-13/h2-5,7,11-12,19H,6,8-10H2,1H3,(H,23,24). The van der Waals surface area contributed by atoms with Crippen LogP contribution in [0.4, 0.5) is 13.2 Å². The van der Waals surface area contributed by atoms with E-state index in [-0.39, 0.29) is 29.6 Å². The summed E-state index contributed by atoms with van der Waals surface area (Å²) in [6.07, 6.45) is 1.14. The molecule has 0 unspecified atom stereocenters. The van der Waals surface area contributed by atoms with E-state index in [9.17, 15) is 18.0 Å². The average molecular weight is 367 g/mol. The van der Waals surface area contributed by atoms with E-state index in [0.717, 1.165) is 11.1 Å². The number of ether oxygens (including phenoxy) is 2. The maximum atomic E-state index is 13.1. The molecule has 0 fully saturated rings. The maximum Gasteiger partial charge on any atom is 0.387 e. The summed E-state index contributed by atoms with van der Waals surface area (Å²) in [6.45, 7) is -2.59. The van der Waals surface area contributed by atoms with Gasteiger partial charge in [0.05, 0.1) is 7.11 Å². The van der Waals surface area contributed by atoms with Crippen LogP contribution < -0.4 is 14.8 Å². The van der Waals surface area contributed by atoms with Crippen molar-refractivity contribution in [2.24, 2.45) is 0 Å². The number of halogens is 3. The number of benzene rings is 2. The number of carbonyl (C=O) groups is 1. The molecule has 2 aromatic carbocycles. The Balaban J connectivity index is 1.80. The largest absolute Gasteiger partial charge is 0.493 e. The first-order chi connectivity index (χ1) is 12.5. The van der Waals surface area contributed by atoms with Gasteiger partial charge in [-0.15, -0.1) is 0 Å². The number of hydrogen-bond acceptors (Lipinski definition) is 3. The number of methoxy groups -OCH3 is 1. The Labute approximate surface area is 149 Å². The summed E-state index contributed by atoms with van der Waals surface area (Å²) in [5.74, 6) is -0.318. The van der Waals surface area contributed by atoms with Gasteiger partial charge in [0.2, 0.25) is 5.91 Å². The Kier molecular flexibility index (Phi) is 7.32. The predicted molar refractivity (Wildman–Crippen MR) is 91.1 cm³/mol. The molecule has 0 aliphatic heterocycles. The smallest absolute Gasteiger partial charge is 0.387 e. The van der Waals surface area contributed by atoms with Gasteiger partial charge in [-0.1, -0.05) is 18.2 Å². The van der Waals surface area contributed by atoms with Gasteiger partial charge in [-0.3, -0.25) is 4.79 Å². The van der Waals surface area contributed by atoms with E-state index < -0.39 is 6.61 Å². The number of nitrogens with one attached hydrogen (secondary N) is 1. The highest BCUT2D eigenvalue weighted by Gasteiger charge is 2.11. The van der Waals surface area contributed by atoms with E-state index in [4.69, 9.17) is 4.74 Å². The third kappa shape index (κ3) is 6.31. The molecule has 2 aromatic rings. The van der Waals surface area contributed by atoms with Gasteiger partial charge in [-0.25, -0.2) is 4.39 Å². The first-order valence-corrected chi connectivity index (χ1v) is 8.11. The van der Waals surface area contributed by atoms with Gasteiger partial charge in [0.15, 0.2) is 11.5 Å². The molecule has 0 spiro atoms. The van der Waals surface area contributed by atoms with Gasteiger partial charge in [0.1, 0.15) is 5.82 Å². The zero-order chi connectivity index (χ0) is 18.9. The zero-order valence-electron chi connectivity index (χ0n) is 14.3. The third-order valence-corrected chi connectivity index (χ3v) is 3.71. The summed E-state index contributed by atoms with van der Waals surface area (Å²) in [5.41, 5.74) is 1.48. The molecule has 1 amide bonds. The molecule has 0 aliphatic carbocycles. The Morgan fingerprint density at radius 2 is 1.85 bits per heavy atom. The number of alkyl halides is 2. The molecule has 2 rings (SSSR count). The molecule has 4 nitrogen and oxygen atoms in total. The Hall–Kier alpha value is -2.70. The summed E-state index contributed by atoms with van der Waals surface area (Å²) in [7, 11) is 1.37. The van der Waals surface area contributed by atoms with Gasteiger partial charge in [0.25, 0.3) is 0 Å². The second kappa shape index (κ2) is 9.70. The molecule has 1 N–H and O–H groups in total. The van der Waals surface area contributed by atoms with Crippen LogP contribution in [0.1, 0.15) is 17.5 Å². The molecule has 0 saturated heterocycles. The van der Waals surface area contributed by atoms with Crippen LogP contribution in [-0.4, -0.2) is 26.2 Å². The van der Waals surface area contributed by atoms with E-state index in [2.05, 4.69) is 10.1 Å². The monoisotopic (exact) mass is 367 g/mol. The number of aryl methyl sites for hydroxylation is 1. The molecular formula is C19H20F3NO3. The molecule has 0 radical (unpaired) electrons. The first kappa shape index (κ1) is 19.6. The maximum absolute atomic E-state index is 13.1. The van der Waals surface area contributed by atoms with E-state index in [1.165, 1.54) is 25.3 Å². The number of hydrogen-bond donors (Lipinski definition) is 1. The fourth-order valence-corrected chi connectivity index (χ4v) is 2.45. The van der Waals surface area contributed by atoms with Crippen molar-refractivity contribution in [3.8, 4) is 11.5 Å². The van der Waals surface area contributed by atoms with Crippen LogP contribution in [0.5, 0.6) is 11.5 Å². The van der Waals surface area contributed by atoms with E-state index in [1.807, 2.05) is 0 Å². The third-order valence-electron chi connectivity index (χ3n) is 3.71. The SMILES string of the molecule is COc1ccc(CCNC(=O)CCc2cccc(F)c2)cc1OC(F)F. The minimum Gasteiger partial charge on any atom is -0.493 e. The normalized spacial score (nSPS) is 10.7. The van der Waals surface area contributed by atoms with Gasteiger partial charge < -0.3 is 14.8 Å².